The Kier molecular flexibility index (Phi) is 5.77. The Bertz CT molecular complexity index is 432. The third kappa shape index (κ3) is 3.49. The number of hydrogen-bond donors (Lipinski definition) is 0. The van der Waals surface area contributed by atoms with E-state index in [2.05, 4.69) is 39.9 Å². The molecule has 2 unspecified atom stereocenters. The zero-order valence-electron chi connectivity index (χ0n) is 13.1. The lowest BCUT2D eigenvalue weighted by Crippen LogP contribution is -2.46. The molecule has 112 valence electrons. The van der Waals surface area contributed by atoms with Crippen LogP contribution in [0.15, 0.2) is 6.20 Å². The number of aryl methyl sites for hydroxylation is 1. The van der Waals surface area contributed by atoms with E-state index in [-0.39, 0.29) is 0 Å². The van der Waals surface area contributed by atoms with E-state index in [0.29, 0.717) is 5.92 Å². The molecule has 0 N–H and O–H groups in total. The van der Waals surface area contributed by atoms with Crippen LogP contribution in [-0.4, -0.2) is 28.7 Å². The van der Waals surface area contributed by atoms with Crippen molar-refractivity contribution in [2.45, 2.75) is 58.9 Å². The van der Waals surface area contributed by atoms with Crippen molar-refractivity contribution in [2.24, 2.45) is 5.92 Å². The van der Waals surface area contributed by atoms with Crippen molar-refractivity contribution in [3.8, 4) is 0 Å². The number of hydrogen-bond acceptors (Lipinski definition) is 3. The van der Waals surface area contributed by atoms with Crippen LogP contribution >= 0.6 is 9.24 Å². The highest BCUT2D eigenvalue weighted by molar-refractivity contribution is 7.16. The maximum atomic E-state index is 4.77. The van der Waals surface area contributed by atoms with Crippen molar-refractivity contribution >= 4 is 15.1 Å². The Morgan fingerprint density at radius 3 is 2.60 bits per heavy atom. The van der Waals surface area contributed by atoms with Gasteiger partial charge in [-0.05, 0) is 44.2 Å². The fraction of sp³-hybridized carbons (Fsp3) is 0.750. The number of fused-ring (bicyclic) bond motifs is 1. The van der Waals surface area contributed by atoms with E-state index in [1.807, 2.05) is 6.20 Å². The Morgan fingerprint density at radius 2 is 2.05 bits per heavy atom. The smallest absolute Gasteiger partial charge is 0.150 e. The molecular formula is C16H28N3P. The Labute approximate surface area is 125 Å². The van der Waals surface area contributed by atoms with Crippen LogP contribution in [0.4, 0.5) is 5.82 Å². The topological polar surface area (TPSA) is 29.0 Å². The van der Waals surface area contributed by atoms with Crippen molar-refractivity contribution in [1.82, 2.24) is 9.97 Å². The molecule has 1 aliphatic carbocycles. The molecule has 1 aliphatic heterocycles. The Morgan fingerprint density at radius 1 is 1.35 bits per heavy atom. The number of aromatic nitrogens is 2. The van der Waals surface area contributed by atoms with Crippen LogP contribution in [0.25, 0.3) is 0 Å². The summed E-state index contributed by atoms with van der Waals surface area (Å²) >= 11 is 0. The maximum Gasteiger partial charge on any atom is 0.150 e. The van der Waals surface area contributed by atoms with Crippen LogP contribution in [0.5, 0.6) is 0 Å². The second-order valence-corrected chi connectivity index (χ2v) is 6.76. The number of rotatable bonds is 2. The van der Waals surface area contributed by atoms with Crippen LogP contribution in [0, 0.1) is 5.92 Å². The predicted octanol–water partition coefficient (Wildman–Crippen LogP) is 3.47. The van der Waals surface area contributed by atoms with Crippen LogP contribution in [0.1, 0.15) is 51.4 Å². The molecule has 1 aromatic heterocycles. The second kappa shape index (κ2) is 7.36. The molecular weight excluding hydrogens is 265 g/mol. The van der Waals surface area contributed by atoms with E-state index < -0.39 is 0 Å². The molecule has 0 amide bonds. The van der Waals surface area contributed by atoms with Crippen LogP contribution < -0.4 is 4.90 Å². The SMILES string of the molecule is CCP.CCc1cnc2c(n1)CC(C)CN2C1CCC1. The standard InChI is InChI=1S/C14H21N3.C2H7P/c1-3-11-8-15-14-13(16-11)7-10(2)9-17(14)12-5-4-6-12;1-2-3/h8,10,12H,3-7,9H2,1-2H3;2-3H2,1H3. The first-order valence-corrected chi connectivity index (χ1v) is 8.82. The zero-order chi connectivity index (χ0) is 14.5. The highest BCUT2D eigenvalue weighted by atomic mass is 31.0. The van der Waals surface area contributed by atoms with Gasteiger partial charge in [-0.2, -0.15) is 0 Å². The molecule has 1 fully saturated rings. The molecule has 3 nitrogen and oxygen atoms in total. The molecule has 0 saturated heterocycles. The Hall–Kier alpha value is -0.690. The third-order valence-electron chi connectivity index (χ3n) is 4.07. The van der Waals surface area contributed by atoms with E-state index >= 15 is 0 Å². The van der Waals surface area contributed by atoms with Crippen molar-refractivity contribution < 1.29 is 0 Å². The summed E-state index contributed by atoms with van der Waals surface area (Å²) in [5.74, 6) is 1.88. The summed E-state index contributed by atoms with van der Waals surface area (Å²) in [6.45, 7) is 7.73. The lowest BCUT2D eigenvalue weighted by atomic mass is 9.88. The van der Waals surface area contributed by atoms with Crippen LogP contribution in [-0.2, 0) is 12.8 Å². The average Bonchev–Trinajstić information content (AvgIpc) is 2.36. The number of nitrogens with zero attached hydrogens (tertiary/aromatic N) is 3. The van der Waals surface area contributed by atoms with Crippen molar-refractivity contribution in [3.05, 3.63) is 17.6 Å². The van der Waals surface area contributed by atoms with Gasteiger partial charge in [-0.3, -0.25) is 4.98 Å². The zero-order valence-corrected chi connectivity index (χ0v) is 14.3. The quantitative estimate of drug-likeness (QED) is 0.782. The molecule has 2 aliphatic rings. The van der Waals surface area contributed by atoms with Gasteiger partial charge in [0.1, 0.15) is 0 Å². The molecule has 1 saturated carbocycles. The largest absolute Gasteiger partial charge is 0.352 e. The summed E-state index contributed by atoms with van der Waals surface area (Å²) in [4.78, 5) is 12.0. The monoisotopic (exact) mass is 293 g/mol. The van der Waals surface area contributed by atoms with Crippen molar-refractivity contribution in [1.29, 1.82) is 0 Å². The van der Waals surface area contributed by atoms with E-state index in [1.165, 1.54) is 36.9 Å². The van der Waals surface area contributed by atoms with Crippen LogP contribution in [0.3, 0.4) is 0 Å². The van der Waals surface area contributed by atoms with Gasteiger partial charge in [0.2, 0.25) is 0 Å². The van der Waals surface area contributed by atoms with Gasteiger partial charge in [0.25, 0.3) is 0 Å². The summed E-state index contributed by atoms with van der Waals surface area (Å²) in [5.41, 5.74) is 2.36. The summed E-state index contributed by atoms with van der Waals surface area (Å²) < 4.78 is 0. The van der Waals surface area contributed by atoms with E-state index in [0.717, 1.165) is 31.1 Å². The first-order valence-electron chi connectivity index (χ1n) is 8.01. The average molecular weight is 293 g/mol. The van der Waals surface area contributed by atoms with E-state index in [1.54, 1.807) is 0 Å². The lowest BCUT2D eigenvalue weighted by molar-refractivity contribution is 0.354. The molecule has 1 aromatic rings. The molecule has 4 heteroatoms. The molecule has 2 atom stereocenters. The fourth-order valence-corrected chi connectivity index (χ4v) is 2.85. The molecule has 0 bridgehead atoms. The van der Waals surface area contributed by atoms with Gasteiger partial charge in [-0.1, -0.05) is 20.8 Å². The minimum absolute atomic E-state index is 0.713. The second-order valence-electron chi connectivity index (χ2n) is 5.94. The van der Waals surface area contributed by atoms with Crippen molar-refractivity contribution in [2.75, 3.05) is 17.6 Å². The summed E-state index contributed by atoms with van der Waals surface area (Å²) in [7, 11) is 2.58. The van der Waals surface area contributed by atoms with Gasteiger partial charge in [0.15, 0.2) is 5.82 Å². The van der Waals surface area contributed by atoms with E-state index in [9.17, 15) is 0 Å². The number of anilines is 1. The van der Waals surface area contributed by atoms with Gasteiger partial charge in [0.05, 0.1) is 17.6 Å². The summed E-state index contributed by atoms with van der Waals surface area (Å²) in [6, 6.07) is 0.735. The van der Waals surface area contributed by atoms with Gasteiger partial charge < -0.3 is 4.90 Å². The molecule has 3 rings (SSSR count). The first-order chi connectivity index (χ1) is 9.69. The molecule has 2 heterocycles. The molecule has 0 aromatic carbocycles. The normalized spacial score (nSPS) is 21.6. The van der Waals surface area contributed by atoms with Gasteiger partial charge in [0, 0.05) is 12.6 Å². The van der Waals surface area contributed by atoms with Crippen molar-refractivity contribution in [3.63, 3.8) is 0 Å². The first kappa shape index (κ1) is 15.7. The maximum absolute atomic E-state index is 4.77. The highest BCUT2D eigenvalue weighted by Gasteiger charge is 2.32. The van der Waals surface area contributed by atoms with Gasteiger partial charge in [-0.15, -0.1) is 9.24 Å². The molecule has 0 radical (unpaired) electrons. The third-order valence-corrected chi connectivity index (χ3v) is 4.07. The van der Waals surface area contributed by atoms with E-state index in [4.69, 9.17) is 4.98 Å². The molecule has 0 spiro atoms. The molecule has 20 heavy (non-hydrogen) atoms. The van der Waals surface area contributed by atoms with Gasteiger partial charge >= 0.3 is 0 Å². The van der Waals surface area contributed by atoms with Gasteiger partial charge in [-0.25, -0.2) is 4.98 Å². The summed E-state index contributed by atoms with van der Waals surface area (Å²) in [5, 5.41) is 0. The predicted molar refractivity (Wildman–Crippen MR) is 89.5 cm³/mol. The Balaban J connectivity index is 0.000000452. The summed E-state index contributed by atoms with van der Waals surface area (Å²) in [6.07, 6.45) is 9.26. The minimum atomic E-state index is 0.713. The minimum Gasteiger partial charge on any atom is -0.352 e. The highest BCUT2D eigenvalue weighted by Crippen LogP contribution is 2.34. The fourth-order valence-electron chi connectivity index (χ4n) is 2.85. The lowest BCUT2D eigenvalue weighted by Gasteiger charge is -2.43. The van der Waals surface area contributed by atoms with Crippen LogP contribution in [0.2, 0.25) is 0 Å².